The maximum atomic E-state index is 12.9. The maximum Gasteiger partial charge on any atom is 0.387 e. The Morgan fingerprint density at radius 3 is 2.73 bits per heavy atom. The van der Waals surface area contributed by atoms with Crippen LogP contribution in [-0.2, 0) is 6.54 Å². The average molecular weight is 425 g/mol. The molecule has 1 fully saturated rings. The van der Waals surface area contributed by atoms with E-state index in [1.54, 1.807) is 12.1 Å². The number of aliphatic imine (C=N–C) groups is 1. The fourth-order valence-electron chi connectivity index (χ4n) is 3.30. The Kier molecular flexibility index (Phi) is 10.4. The Balaban J connectivity index is 2.04. The molecule has 1 aromatic rings. The predicted molar refractivity (Wildman–Crippen MR) is 116 cm³/mol. The molecule has 0 aliphatic carbocycles. The van der Waals surface area contributed by atoms with E-state index < -0.39 is 6.61 Å². The summed E-state index contributed by atoms with van der Waals surface area (Å²) in [5.74, 6) is 1.28. The third kappa shape index (κ3) is 8.18. The van der Waals surface area contributed by atoms with Gasteiger partial charge >= 0.3 is 6.61 Å². The normalized spacial score (nSPS) is 15.8. The summed E-state index contributed by atoms with van der Waals surface area (Å²) < 4.78 is 36.0. The van der Waals surface area contributed by atoms with Crippen LogP contribution in [0, 0.1) is 0 Å². The Labute approximate surface area is 178 Å². The number of nitrogens with zero attached hydrogens (tertiary/aromatic N) is 2. The predicted octanol–water partition coefficient (Wildman–Crippen LogP) is 3.78. The molecule has 0 amide bonds. The second-order valence-electron chi connectivity index (χ2n) is 7.20. The van der Waals surface area contributed by atoms with E-state index in [-0.39, 0.29) is 12.3 Å². The van der Waals surface area contributed by atoms with E-state index >= 15 is 0 Å². The van der Waals surface area contributed by atoms with Gasteiger partial charge in [-0.15, -0.1) is 6.58 Å². The Morgan fingerprint density at radius 1 is 1.33 bits per heavy atom. The second-order valence-corrected chi connectivity index (χ2v) is 7.20. The lowest BCUT2D eigenvalue weighted by Gasteiger charge is -2.32. The van der Waals surface area contributed by atoms with E-state index in [4.69, 9.17) is 9.47 Å². The molecule has 2 N–H and O–H groups in total. The van der Waals surface area contributed by atoms with Crippen molar-refractivity contribution in [3.05, 3.63) is 36.4 Å². The summed E-state index contributed by atoms with van der Waals surface area (Å²) in [6.45, 7) is 9.25. The second kappa shape index (κ2) is 13.1. The molecular formula is C22H34F2N4O2. The van der Waals surface area contributed by atoms with E-state index in [0.29, 0.717) is 36.5 Å². The van der Waals surface area contributed by atoms with Crippen molar-refractivity contribution in [2.24, 2.45) is 4.99 Å². The molecule has 0 aromatic heterocycles. The fraction of sp³-hybridized carbons (Fsp3) is 0.591. The van der Waals surface area contributed by atoms with Crippen LogP contribution >= 0.6 is 0 Å². The van der Waals surface area contributed by atoms with Gasteiger partial charge in [-0.2, -0.15) is 8.78 Å². The first kappa shape index (κ1) is 23.9. The van der Waals surface area contributed by atoms with E-state index in [2.05, 4.69) is 27.1 Å². The Bertz CT molecular complexity index is 677. The van der Waals surface area contributed by atoms with Gasteiger partial charge in [-0.05, 0) is 38.3 Å². The highest BCUT2D eigenvalue weighted by molar-refractivity contribution is 5.80. The van der Waals surface area contributed by atoms with Crippen molar-refractivity contribution in [1.82, 2.24) is 15.5 Å². The van der Waals surface area contributed by atoms with E-state index in [0.717, 1.165) is 38.9 Å². The molecule has 168 valence electrons. The van der Waals surface area contributed by atoms with Gasteiger partial charge < -0.3 is 20.1 Å². The van der Waals surface area contributed by atoms with Crippen molar-refractivity contribution < 1.29 is 18.3 Å². The van der Waals surface area contributed by atoms with Gasteiger partial charge in [0.2, 0.25) is 0 Å². The van der Waals surface area contributed by atoms with Gasteiger partial charge in [-0.3, -0.25) is 4.90 Å². The number of ether oxygens (including phenoxy) is 2. The number of guanidine groups is 1. The van der Waals surface area contributed by atoms with Gasteiger partial charge in [0.1, 0.15) is 11.5 Å². The highest BCUT2D eigenvalue weighted by atomic mass is 19.3. The third-order valence-corrected chi connectivity index (χ3v) is 4.79. The summed E-state index contributed by atoms with van der Waals surface area (Å²) in [6.07, 6.45) is 4.79. The van der Waals surface area contributed by atoms with Crippen molar-refractivity contribution >= 4 is 5.96 Å². The highest BCUT2D eigenvalue weighted by Gasteiger charge is 2.19. The van der Waals surface area contributed by atoms with Crippen LogP contribution < -0.4 is 20.1 Å². The van der Waals surface area contributed by atoms with Crippen molar-refractivity contribution in [2.45, 2.75) is 52.3 Å². The number of rotatable bonds is 11. The summed E-state index contributed by atoms with van der Waals surface area (Å²) in [5, 5.41) is 6.69. The Morgan fingerprint density at radius 2 is 2.10 bits per heavy atom. The van der Waals surface area contributed by atoms with Gasteiger partial charge in [0.25, 0.3) is 0 Å². The monoisotopic (exact) mass is 424 g/mol. The quantitative estimate of drug-likeness (QED) is 0.322. The van der Waals surface area contributed by atoms with Crippen LogP contribution in [0.5, 0.6) is 11.5 Å². The first-order valence-electron chi connectivity index (χ1n) is 10.6. The van der Waals surface area contributed by atoms with Crippen LogP contribution in [0.3, 0.4) is 0 Å². The molecule has 0 radical (unpaired) electrons. The zero-order chi connectivity index (χ0) is 21.8. The van der Waals surface area contributed by atoms with Crippen LogP contribution in [0.1, 0.15) is 38.7 Å². The van der Waals surface area contributed by atoms with Crippen molar-refractivity contribution in [3.63, 3.8) is 0 Å². The number of hydrogen-bond acceptors (Lipinski definition) is 4. The van der Waals surface area contributed by atoms with Gasteiger partial charge in [-0.25, -0.2) is 4.99 Å². The van der Waals surface area contributed by atoms with Crippen LogP contribution in [0.25, 0.3) is 0 Å². The topological polar surface area (TPSA) is 58.1 Å². The molecule has 6 nitrogen and oxygen atoms in total. The third-order valence-electron chi connectivity index (χ3n) is 4.79. The molecule has 1 aliphatic heterocycles. The van der Waals surface area contributed by atoms with Crippen molar-refractivity contribution in [1.29, 1.82) is 0 Å². The minimum absolute atomic E-state index is 0.0935. The maximum absolute atomic E-state index is 12.9. The summed E-state index contributed by atoms with van der Waals surface area (Å²) in [6, 6.07) is 5.31. The van der Waals surface area contributed by atoms with Crippen LogP contribution in [-0.4, -0.2) is 56.3 Å². The smallest absolute Gasteiger partial charge is 0.387 e. The zero-order valence-corrected chi connectivity index (χ0v) is 18.0. The molecule has 30 heavy (non-hydrogen) atoms. The van der Waals surface area contributed by atoms with Gasteiger partial charge in [-0.1, -0.05) is 13.0 Å². The fourth-order valence-corrected chi connectivity index (χ4v) is 3.30. The summed E-state index contributed by atoms with van der Waals surface area (Å²) in [4.78, 5) is 6.96. The number of benzene rings is 1. The molecule has 1 saturated heterocycles. The number of likely N-dealkylation sites (tertiary alicyclic amines) is 1. The summed E-state index contributed by atoms with van der Waals surface area (Å²) >= 11 is 0. The number of halogens is 2. The molecule has 0 spiro atoms. The molecule has 1 aromatic carbocycles. The summed E-state index contributed by atoms with van der Waals surface area (Å²) in [5.41, 5.74) is 0.581. The zero-order valence-electron chi connectivity index (χ0n) is 18.0. The molecule has 0 unspecified atom stereocenters. The van der Waals surface area contributed by atoms with Crippen LogP contribution in [0.4, 0.5) is 8.78 Å². The molecule has 1 heterocycles. The molecular weight excluding hydrogens is 390 g/mol. The first-order valence-corrected chi connectivity index (χ1v) is 10.6. The van der Waals surface area contributed by atoms with Gasteiger partial charge in [0, 0.05) is 43.9 Å². The molecule has 2 rings (SSSR count). The Hall–Kier alpha value is -2.35. The minimum Gasteiger partial charge on any atom is -0.493 e. The van der Waals surface area contributed by atoms with Crippen LogP contribution in [0.15, 0.2) is 35.8 Å². The molecule has 0 bridgehead atoms. The standard InChI is InChI=1S/C22H34F2N4O2/c1-4-11-28-12-9-18(10-13-28)27-22(25-6-3)26-16-17-7-8-19(29-14-5-2)15-20(17)30-21(23)24/h4,7-8,15,18,21H,1,5-6,9-14,16H2,2-3H3,(H2,25,26,27). The van der Waals surface area contributed by atoms with Gasteiger partial charge in [0.15, 0.2) is 5.96 Å². The lowest BCUT2D eigenvalue weighted by atomic mass is 10.1. The van der Waals surface area contributed by atoms with E-state index in [1.807, 2.05) is 19.9 Å². The lowest BCUT2D eigenvalue weighted by Crippen LogP contribution is -2.48. The number of alkyl halides is 2. The average Bonchev–Trinajstić information content (AvgIpc) is 2.72. The molecule has 0 atom stereocenters. The van der Waals surface area contributed by atoms with Crippen molar-refractivity contribution in [3.8, 4) is 11.5 Å². The number of hydrogen-bond donors (Lipinski definition) is 2. The van der Waals surface area contributed by atoms with Crippen LogP contribution in [0.2, 0.25) is 0 Å². The SMILES string of the molecule is C=CCN1CCC(NC(=NCc2ccc(OCCC)cc2OC(F)F)NCC)CC1. The van der Waals surface area contributed by atoms with E-state index in [9.17, 15) is 8.78 Å². The van der Waals surface area contributed by atoms with E-state index in [1.165, 1.54) is 6.07 Å². The molecule has 8 heteroatoms. The number of nitrogens with one attached hydrogen (secondary N) is 2. The molecule has 0 saturated carbocycles. The first-order chi connectivity index (χ1) is 14.5. The molecule has 1 aliphatic rings. The van der Waals surface area contributed by atoms with Gasteiger partial charge in [0.05, 0.1) is 13.2 Å². The summed E-state index contributed by atoms with van der Waals surface area (Å²) in [7, 11) is 0. The number of piperidine rings is 1. The minimum atomic E-state index is -2.90. The van der Waals surface area contributed by atoms with Crippen molar-refractivity contribution in [2.75, 3.05) is 32.8 Å². The largest absolute Gasteiger partial charge is 0.493 e. The lowest BCUT2D eigenvalue weighted by molar-refractivity contribution is -0.0505. The highest BCUT2D eigenvalue weighted by Crippen LogP contribution is 2.27.